The lowest BCUT2D eigenvalue weighted by Gasteiger charge is -2.22. The average molecular weight is 359 g/mol. The highest BCUT2D eigenvalue weighted by Crippen LogP contribution is 2.29. The highest BCUT2D eigenvalue weighted by molar-refractivity contribution is 5.78. The zero-order chi connectivity index (χ0) is 18.8. The number of aliphatic hydroxyl groups excluding tert-OH is 2. The zero-order valence-corrected chi connectivity index (χ0v) is 13.9. The van der Waals surface area contributed by atoms with Gasteiger partial charge < -0.3 is 24.4 Å². The number of aliphatic hydroxyl groups is 2. The number of nitrogens with one attached hydrogen (secondary N) is 1. The van der Waals surface area contributed by atoms with Crippen LogP contribution in [0.15, 0.2) is 17.1 Å². The van der Waals surface area contributed by atoms with Gasteiger partial charge in [0, 0.05) is 13.3 Å². The third-order valence-electron chi connectivity index (χ3n) is 3.94. The van der Waals surface area contributed by atoms with Crippen molar-refractivity contribution >= 4 is 11.8 Å². The number of hydrogen-bond donors (Lipinski definition) is 4. The van der Waals surface area contributed by atoms with Crippen molar-refractivity contribution in [3.63, 3.8) is 0 Å². The van der Waals surface area contributed by atoms with E-state index in [1.54, 1.807) is 5.48 Å². The number of ether oxygens (including phenoxy) is 3. The Labute approximate surface area is 142 Å². The van der Waals surface area contributed by atoms with Crippen molar-refractivity contribution in [3.05, 3.63) is 22.7 Å². The van der Waals surface area contributed by atoms with Crippen molar-refractivity contribution in [1.29, 1.82) is 0 Å². The lowest BCUT2D eigenvalue weighted by atomic mass is 10.1. The number of carbonyl (C=O) groups is 1. The molecule has 1 aliphatic rings. The Balaban J connectivity index is 2.08. The molecule has 1 aromatic heterocycles. The van der Waals surface area contributed by atoms with Gasteiger partial charge in [-0.05, 0) is 19.9 Å². The first kappa shape index (κ1) is 19.3. The van der Waals surface area contributed by atoms with E-state index in [-0.39, 0.29) is 12.4 Å². The van der Waals surface area contributed by atoms with E-state index in [0.717, 1.165) is 4.57 Å². The predicted octanol–water partition coefficient (Wildman–Crippen LogP) is -1.37. The van der Waals surface area contributed by atoms with Crippen LogP contribution in [0.25, 0.3) is 0 Å². The standard InChI is InChI=1S/C14H21N3O8/c1-14(2,23-3)12(20)24-6-7-9(18)10(19)11(25-7)17-5-4-8(16-22)15-13(17)21/h4-5,7,9-11,18-19,22H,6H2,1-3H3,(H,15,16,21)/t7-,9-,10-,11-/m1/s1. The summed E-state index contributed by atoms with van der Waals surface area (Å²) < 4.78 is 16.4. The minimum Gasteiger partial charge on any atom is -0.461 e. The molecule has 1 saturated heterocycles. The Morgan fingerprint density at radius 3 is 2.68 bits per heavy atom. The summed E-state index contributed by atoms with van der Waals surface area (Å²) in [5, 5.41) is 28.9. The average Bonchev–Trinajstić information content (AvgIpc) is 2.87. The van der Waals surface area contributed by atoms with Crippen LogP contribution in [-0.4, -0.2) is 68.6 Å². The highest BCUT2D eigenvalue weighted by Gasteiger charge is 2.45. The first-order valence-electron chi connectivity index (χ1n) is 7.44. The van der Waals surface area contributed by atoms with Crippen molar-refractivity contribution in [2.24, 2.45) is 0 Å². The van der Waals surface area contributed by atoms with Crippen LogP contribution in [-0.2, 0) is 19.0 Å². The third kappa shape index (κ3) is 3.96. The van der Waals surface area contributed by atoms with Crippen LogP contribution >= 0.6 is 0 Å². The normalized spacial score (nSPS) is 26.5. The number of nitrogens with zero attached hydrogens (tertiary/aromatic N) is 2. The van der Waals surface area contributed by atoms with Gasteiger partial charge in [-0.15, -0.1) is 0 Å². The number of anilines is 1. The Hall–Kier alpha value is -2.05. The van der Waals surface area contributed by atoms with Crippen LogP contribution in [0, 0.1) is 0 Å². The Morgan fingerprint density at radius 1 is 1.44 bits per heavy atom. The Bertz CT molecular complexity index is 676. The molecular weight excluding hydrogens is 338 g/mol. The Morgan fingerprint density at radius 2 is 2.12 bits per heavy atom. The Kier molecular flexibility index (Phi) is 5.75. The maximum atomic E-state index is 11.9. The molecule has 4 N–H and O–H groups in total. The van der Waals surface area contributed by atoms with Crippen LogP contribution in [0.1, 0.15) is 20.1 Å². The number of aromatic nitrogens is 2. The molecule has 0 amide bonds. The molecule has 0 aliphatic carbocycles. The lowest BCUT2D eigenvalue weighted by Crippen LogP contribution is -2.39. The molecule has 1 aliphatic heterocycles. The van der Waals surface area contributed by atoms with E-state index in [9.17, 15) is 19.8 Å². The molecule has 0 saturated carbocycles. The molecule has 2 rings (SSSR count). The van der Waals surface area contributed by atoms with Crippen LogP contribution in [0.3, 0.4) is 0 Å². The molecule has 0 spiro atoms. The molecular formula is C14H21N3O8. The summed E-state index contributed by atoms with van der Waals surface area (Å²) in [6, 6.07) is 1.28. The molecule has 140 valence electrons. The summed E-state index contributed by atoms with van der Waals surface area (Å²) in [5.74, 6) is -0.748. The van der Waals surface area contributed by atoms with E-state index in [4.69, 9.17) is 19.4 Å². The van der Waals surface area contributed by atoms with Crippen molar-refractivity contribution in [1.82, 2.24) is 9.55 Å². The summed E-state index contributed by atoms with van der Waals surface area (Å²) in [7, 11) is 1.35. The zero-order valence-electron chi connectivity index (χ0n) is 13.9. The van der Waals surface area contributed by atoms with Gasteiger partial charge in [-0.25, -0.2) is 9.59 Å². The maximum Gasteiger partial charge on any atom is 0.351 e. The largest absolute Gasteiger partial charge is 0.461 e. The SMILES string of the molecule is COC(C)(C)C(=O)OC[C@H]1O[C@@H](n2ccc(NO)nc2=O)[C@H](O)[C@@H]1O. The van der Waals surface area contributed by atoms with E-state index < -0.39 is 41.8 Å². The number of carbonyl (C=O) groups excluding carboxylic acids is 1. The molecule has 2 heterocycles. The third-order valence-corrected chi connectivity index (χ3v) is 3.94. The molecule has 0 unspecified atom stereocenters. The van der Waals surface area contributed by atoms with E-state index in [0.29, 0.717) is 0 Å². The number of esters is 1. The van der Waals surface area contributed by atoms with Gasteiger partial charge in [0.05, 0.1) is 0 Å². The van der Waals surface area contributed by atoms with Gasteiger partial charge in [-0.1, -0.05) is 0 Å². The summed E-state index contributed by atoms with van der Waals surface area (Å²) in [5.41, 5.74) is -0.262. The van der Waals surface area contributed by atoms with Gasteiger partial charge in [-0.2, -0.15) is 4.98 Å². The maximum absolute atomic E-state index is 11.9. The fraction of sp³-hybridized carbons (Fsp3) is 0.643. The van der Waals surface area contributed by atoms with Gasteiger partial charge in [0.15, 0.2) is 17.6 Å². The first-order chi connectivity index (χ1) is 11.7. The first-order valence-corrected chi connectivity index (χ1v) is 7.44. The van der Waals surface area contributed by atoms with Crippen LogP contribution in [0.5, 0.6) is 0 Å². The summed E-state index contributed by atoms with van der Waals surface area (Å²) in [4.78, 5) is 27.3. The minimum atomic E-state index is -1.44. The molecule has 11 heteroatoms. The van der Waals surface area contributed by atoms with Crippen molar-refractivity contribution < 1.29 is 34.4 Å². The fourth-order valence-corrected chi connectivity index (χ4v) is 2.18. The smallest absolute Gasteiger partial charge is 0.351 e. The van der Waals surface area contributed by atoms with Gasteiger partial charge in [0.2, 0.25) is 0 Å². The second-order valence-corrected chi connectivity index (χ2v) is 5.97. The van der Waals surface area contributed by atoms with Crippen LogP contribution < -0.4 is 11.2 Å². The van der Waals surface area contributed by atoms with Crippen molar-refractivity contribution in [2.45, 2.75) is 44.0 Å². The molecule has 0 aromatic carbocycles. The fourth-order valence-electron chi connectivity index (χ4n) is 2.18. The molecule has 25 heavy (non-hydrogen) atoms. The van der Waals surface area contributed by atoms with Gasteiger partial charge >= 0.3 is 11.7 Å². The summed E-state index contributed by atoms with van der Waals surface area (Å²) in [6.07, 6.45) is -3.85. The second kappa shape index (κ2) is 7.45. The van der Waals surface area contributed by atoms with Crippen molar-refractivity contribution in [2.75, 3.05) is 19.2 Å². The quantitative estimate of drug-likeness (QED) is 0.353. The van der Waals surface area contributed by atoms with Crippen molar-refractivity contribution in [3.8, 4) is 0 Å². The predicted molar refractivity (Wildman–Crippen MR) is 81.9 cm³/mol. The molecule has 0 radical (unpaired) electrons. The molecule has 0 bridgehead atoms. The van der Waals surface area contributed by atoms with Crippen LogP contribution in [0.4, 0.5) is 5.82 Å². The van der Waals surface area contributed by atoms with Crippen LogP contribution in [0.2, 0.25) is 0 Å². The lowest BCUT2D eigenvalue weighted by molar-refractivity contribution is -0.170. The van der Waals surface area contributed by atoms with E-state index >= 15 is 0 Å². The monoisotopic (exact) mass is 359 g/mol. The molecule has 1 aromatic rings. The number of hydrogen-bond acceptors (Lipinski definition) is 10. The van der Waals surface area contributed by atoms with E-state index in [1.807, 2.05) is 0 Å². The molecule has 1 fully saturated rings. The van der Waals surface area contributed by atoms with E-state index in [2.05, 4.69) is 4.98 Å². The highest BCUT2D eigenvalue weighted by atomic mass is 16.6. The molecule has 11 nitrogen and oxygen atoms in total. The number of rotatable bonds is 6. The van der Waals surface area contributed by atoms with Gasteiger partial charge in [0.1, 0.15) is 24.9 Å². The van der Waals surface area contributed by atoms with Gasteiger partial charge in [0.25, 0.3) is 0 Å². The summed E-state index contributed by atoms with van der Waals surface area (Å²) >= 11 is 0. The second-order valence-electron chi connectivity index (χ2n) is 5.97. The minimum absolute atomic E-state index is 0.0819. The summed E-state index contributed by atoms with van der Waals surface area (Å²) in [6.45, 7) is 2.70. The van der Waals surface area contributed by atoms with Gasteiger partial charge in [-0.3, -0.25) is 15.3 Å². The number of methoxy groups -OCH3 is 1. The topological polar surface area (TPSA) is 152 Å². The molecule has 4 atom stereocenters. The van der Waals surface area contributed by atoms with E-state index in [1.165, 1.54) is 33.2 Å².